The summed E-state index contributed by atoms with van der Waals surface area (Å²) in [6, 6.07) is 10.7. The minimum absolute atomic E-state index is 0.149. The largest absolute Gasteiger partial charge is 0.491 e. The number of ether oxygens (including phenoxy) is 1. The smallest absolute Gasteiger partial charge is 0.270 e. The zero-order valence-electron chi connectivity index (χ0n) is 16.5. The zero-order chi connectivity index (χ0) is 19.7. The first-order valence-electron chi connectivity index (χ1n) is 9.91. The Labute approximate surface area is 165 Å². The van der Waals surface area contributed by atoms with Crippen molar-refractivity contribution in [3.63, 3.8) is 0 Å². The van der Waals surface area contributed by atoms with Crippen molar-refractivity contribution in [1.29, 1.82) is 0 Å². The molecule has 1 fully saturated rings. The van der Waals surface area contributed by atoms with Gasteiger partial charge in [0.15, 0.2) is 5.75 Å². The third kappa shape index (κ3) is 3.56. The maximum absolute atomic E-state index is 12.9. The van der Waals surface area contributed by atoms with Gasteiger partial charge in [-0.25, -0.2) is 0 Å². The van der Waals surface area contributed by atoms with Gasteiger partial charge in [0.1, 0.15) is 5.69 Å². The molecule has 1 aromatic heterocycles. The molecule has 2 heterocycles. The van der Waals surface area contributed by atoms with Crippen LogP contribution in [-0.2, 0) is 12.8 Å². The van der Waals surface area contributed by atoms with Crippen LogP contribution in [0.5, 0.6) is 5.75 Å². The van der Waals surface area contributed by atoms with Crippen LogP contribution in [0.25, 0.3) is 0 Å². The first kappa shape index (κ1) is 18.7. The molecule has 1 aliphatic carbocycles. The summed E-state index contributed by atoms with van der Waals surface area (Å²) in [5, 5.41) is 0. The Bertz CT molecular complexity index is 898. The highest BCUT2D eigenvalue weighted by molar-refractivity contribution is 5.92. The lowest BCUT2D eigenvalue weighted by atomic mass is 10.0. The van der Waals surface area contributed by atoms with Crippen LogP contribution in [0.1, 0.15) is 34.5 Å². The summed E-state index contributed by atoms with van der Waals surface area (Å²) in [7, 11) is 3.28. The van der Waals surface area contributed by atoms with Gasteiger partial charge in [0.25, 0.3) is 5.91 Å². The molecule has 2 aliphatic rings. The van der Waals surface area contributed by atoms with Crippen molar-refractivity contribution in [2.75, 3.05) is 27.2 Å². The molecular formula is C22H27N3O3. The number of piperidine rings is 1. The number of rotatable bonds is 4. The summed E-state index contributed by atoms with van der Waals surface area (Å²) in [6.07, 6.45) is 5.69. The van der Waals surface area contributed by atoms with Gasteiger partial charge in [-0.05, 0) is 43.4 Å². The molecule has 6 heteroatoms. The van der Waals surface area contributed by atoms with E-state index in [1.165, 1.54) is 30.5 Å². The van der Waals surface area contributed by atoms with Gasteiger partial charge in [-0.1, -0.05) is 24.3 Å². The quantitative estimate of drug-likeness (QED) is 0.881. The Morgan fingerprint density at radius 2 is 1.96 bits per heavy atom. The number of nitrogens with zero attached hydrogens (tertiary/aromatic N) is 2. The number of hydrogen-bond donors (Lipinski definition) is 1. The third-order valence-corrected chi connectivity index (χ3v) is 6.17. The number of likely N-dealkylation sites (tertiary alicyclic amines) is 1. The molecule has 1 amide bonds. The average molecular weight is 381 g/mol. The number of hydrogen-bond acceptors (Lipinski definition) is 4. The molecule has 148 valence electrons. The second kappa shape index (κ2) is 7.80. The summed E-state index contributed by atoms with van der Waals surface area (Å²) >= 11 is 0. The first-order chi connectivity index (χ1) is 13.6. The standard InChI is InChI=1S/C22H27N3O3/c1-24(22(27)19-12-20(26)21(28-2)13-23-19)17-8-5-9-25(14-17)18-10-15-6-3-4-7-16(15)11-18/h3-4,6-7,12-13,17-18H,5,8-11,14H2,1-2H3,(H,23,26). The number of amides is 1. The van der Waals surface area contributed by atoms with Gasteiger partial charge in [0, 0.05) is 37.9 Å². The zero-order valence-corrected chi connectivity index (χ0v) is 16.5. The van der Waals surface area contributed by atoms with Crippen molar-refractivity contribution in [2.45, 2.75) is 37.8 Å². The predicted octanol–water partition coefficient (Wildman–Crippen LogP) is 2.09. The van der Waals surface area contributed by atoms with E-state index in [1.54, 1.807) is 4.90 Å². The number of fused-ring (bicyclic) bond motifs is 1. The van der Waals surface area contributed by atoms with Crippen molar-refractivity contribution in [2.24, 2.45) is 0 Å². The summed E-state index contributed by atoms with van der Waals surface area (Å²) < 4.78 is 4.98. The molecule has 4 rings (SSSR count). The number of benzene rings is 1. The highest BCUT2D eigenvalue weighted by Crippen LogP contribution is 2.28. The van der Waals surface area contributed by atoms with Gasteiger partial charge >= 0.3 is 0 Å². The second-order valence-electron chi connectivity index (χ2n) is 7.82. The lowest BCUT2D eigenvalue weighted by molar-refractivity contribution is 0.0550. The number of aromatic nitrogens is 1. The topological polar surface area (TPSA) is 65.6 Å². The molecule has 0 saturated carbocycles. The number of methoxy groups -OCH3 is 1. The van der Waals surface area contributed by atoms with Gasteiger partial charge in [-0.2, -0.15) is 0 Å². The maximum atomic E-state index is 12.9. The Kier molecular flexibility index (Phi) is 5.22. The van der Waals surface area contributed by atoms with Crippen LogP contribution in [0.15, 0.2) is 41.3 Å². The monoisotopic (exact) mass is 381 g/mol. The molecule has 1 aliphatic heterocycles. The summed E-state index contributed by atoms with van der Waals surface area (Å²) in [5.41, 5.74) is 2.93. The van der Waals surface area contributed by atoms with E-state index in [4.69, 9.17) is 4.74 Å². The molecule has 28 heavy (non-hydrogen) atoms. The number of carbonyl (C=O) groups is 1. The van der Waals surface area contributed by atoms with Crippen LogP contribution in [-0.4, -0.2) is 60.0 Å². The molecular weight excluding hydrogens is 354 g/mol. The minimum atomic E-state index is -0.285. The molecule has 1 N–H and O–H groups in total. The van der Waals surface area contributed by atoms with Gasteiger partial charge < -0.3 is 14.6 Å². The fourth-order valence-electron chi connectivity index (χ4n) is 4.52. The molecule has 6 nitrogen and oxygen atoms in total. The SMILES string of the molecule is COc1c[nH]c(C(=O)N(C)C2CCCN(C3Cc4ccccc4C3)C2)cc1=O. The highest BCUT2D eigenvalue weighted by atomic mass is 16.5. The number of pyridine rings is 1. The fourth-order valence-corrected chi connectivity index (χ4v) is 4.52. The third-order valence-electron chi connectivity index (χ3n) is 6.17. The lowest BCUT2D eigenvalue weighted by Gasteiger charge is -2.40. The molecule has 2 aromatic rings. The fraction of sp³-hybridized carbons (Fsp3) is 0.455. The molecule has 1 aromatic carbocycles. The van der Waals surface area contributed by atoms with E-state index in [1.807, 2.05) is 7.05 Å². The molecule has 0 bridgehead atoms. The van der Waals surface area contributed by atoms with E-state index in [0.717, 1.165) is 38.8 Å². The minimum Gasteiger partial charge on any atom is -0.491 e. The Morgan fingerprint density at radius 3 is 2.61 bits per heavy atom. The molecule has 1 unspecified atom stereocenters. The van der Waals surface area contributed by atoms with Gasteiger partial charge in [-0.3, -0.25) is 14.5 Å². The van der Waals surface area contributed by atoms with Gasteiger partial charge in [0.05, 0.1) is 7.11 Å². The number of likely N-dealkylation sites (N-methyl/N-ethyl adjacent to an activating group) is 1. The van der Waals surface area contributed by atoms with Gasteiger partial charge in [0.2, 0.25) is 5.43 Å². The van der Waals surface area contributed by atoms with Crippen LogP contribution >= 0.6 is 0 Å². The van der Waals surface area contributed by atoms with Crippen LogP contribution in [0.3, 0.4) is 0 Å². The van der Waals surface area contributed by atoms with Crippen molar-refractivity contribution in [1.82, 2.24) is 14.8 Å². The number of H-pyrrole nitrogens is 1. The van der Waals surface area contributed by atoms with Crippen molar-refractivity contribution in [3.8, 4) is 5.75 Å². The van der Waals surface area contributed by atoms with Crippen molar-refractivity contribution in [3.05, 3.63) is 63.6 Å². The normalized spacial score (nSPS) is 20.0. The Hall–Kier alpha value is -2.60. The molecule has 0 radical (unpaired) electrons. The lowest BCUT2D eigenvalue weighted by Crippen LogP contribution is -2.52. The molecule has 0 spiro atoms. The summed E-state index contributed by atoms with van der Waals surface area (Å²) in [4.78, 5) is 32.1. The van der Waals surface area contributed by atoms with E-state index < -0.39 is 0 Å². The second-order valence-corrected chi connectivity index (χ2v) is 7.82. The van der Waals surface area contributed by atoms with E-state index in [2.05, 4.69) is 34.1 Å². The van der Waals surface area contributed by atoms with Crippen LogP contribution in [0, 0.1) is 0 Å². The average Bonchev–Trinajstić information content (AvgIpc) is 3.17. The van der Waals surface area contributed by atoms with Gasteiger partial charge in [-0.15, -0.1) is 0 Å². The van der Waals surface area contributed by atoms with Crippen molar-refractivity contribution < 1.29 is 9.53 Å². The predicted molar refractivity (Wildman–Crippen MR) is 108 cm³/mol. The summed E-state index contributed by atoms with van der Waals surface area (Å²) in [6.45, 7) is 1.96. The first-order valence-corrected chi connectivity index (χ1v) is 9.91. The molecule has 1 atom stereocenters. The van der Waals surface area contributed by atoms with Crippen LogP contribution < -0.4 is 10.2 Å². The van der Waals surface area contributed by atoms with Crippen LogP contribution in [0.4, 0.5) is 0 Å². The van der Waals surface area contributed by atoms with E-state index in [-0.39, 0.29) is 23.1 Å². The highest BCUT2D eigenvalue weighted by Gasteiger charge is 2.33. The van der Waals surface area contributed by atoms with E-state index in [9.17, 15) is 9.59 Å². The van der Waals surface area contributed by atoms with E-state index in [0.29, 0.717) is 11.7 Å². The number of carbonyl (C=O) groups excluding carboxylic acids is 1. The van der Waals surface area contributed by atoms with E-state index >= 15 is 0 Å². The Morgan fingerprint density at radius 1 is 1.25 bits per heavy atom. The van der Waals surface area contributed by atoms with Crippen molar-refractivity contribution >= 4 is 5.91 Å². The maximum Gasteiger partial charge on any atom is 0.270 e. The number of nitrogens with one attached hydrogen (secondary N) is 1. The molecule has 1 saturated heterocycles. The summed E-state index contributed by atoms with van der Waals surface area (Å²) in [5.74, 6) is 0.0603. The van der Waals surface area contributed by atoms with Crippen LogP contribution in [0.2, 0.25) is 0 Å². The Balaban J connectivity index is 1.43. The number of aromatic amines is 1.